The van der Waals surface area contributed by atoms with E-state index in [2.05, 4.69) is 10.3 Å². The van der Waals surface area contributed by atoms with Gasteiger partial charge < -0.3 is 24.6 Å². The fourth-order valence-corrected chi connectivity index (χ4v) is 3.00. The van der Waals surface area contributed by atoms with Crippen LogP contribution < -0.4 is 19.5 Å². The number of rotatable bonds is 9. The summed E-state index contributed by atoms with van der Waals surface area (Å²) in [6.45, 7) is -0.112. The topological polar surface area (TPSA) is 89.9 Å². The number of carbonyl (C=O) groups is 1. The Hall–Kier alpha value is -3.84. The normalized spacial score (nSPS) is 10.7. The summed E-state index contributed by atoms with van der Waals surface area (Å²) in [6, 6.07) is 14.1. The number of pyridine rings is 1. The Bertz CT molecular complexity index is 1100. The van der Waals surface area contributed by atoms with E-state index >= 15 is 0 Å². The van der Waals surface area contributed by atoms with Crippen LogP contribution in [0.5, 0.6) is 17.2 Å². The Kier molecular flexibility index (Phi) is 7.24. The molecule has 3 rings (SSSR count). The van der Waals surface area contributed by atoms with Crippen LogP contribution in [0.15, 0.2) is 60.8 Å². The molecule has 160 valence electrons. The summed E-state index contributed by atoms with van der Waals surface area (Å²) in [5.41, 5.74) is 2.65. The Morgan fingerprint density at radius 3 is 2.48 bits per heavy atom. The third kappa shape index (κ3) is 5.21. The highest BCUT2D eigenvalue weighted by atomic mass is 16.5. The van der Waals surface area contributed by atoms with Crippen molar-refractivity contribution in [2.24, 2.45) is 0 Å². The van der Waals surface area contributed by atoms with Crippen molar-refractivity contribution < 1.29 is 24.1 Å². The highest BCUT2D eigenvalue weighted by molar-refractivity contribution is 6.07. The lowest BCUT2D eigenvalue weighted by atomic mass is 10.1. The summed E-state index contributed by atoms with van der Waals surface area (Å²) < 4.78 is 15.8. The van der Waals surface area contributed by atoms with Gasteiger partial charge in [-0.2, -0.15) is 0 Å². The summed E-state index contributed by atoms with van der Waals surface area (Å²) in [7, 11) is 4.62. The van der Waals surface area contributed by atoms with Crippen molar-refractivity contribution in [3.63, 3.8) is 0 Å². The van der Waals surface area contributed by atoms with Crippen LogP contribution in [0.4, 0.5) is 11.5 Å². The number of nitrogens with one attached hydrogen (secondary N) is 1. The molecule has 0 aliphatic carbocycles. The van der Waals surface area contributed by atoms with Gasteiger partial charge in [-0.15, -0.1) is 0 Å². The highest BCUT2D eigenvalue weighted by Crippen LogP contribution is 2.29. The number of aliphatic hydroxyl groups is 1. The Labute approximate surface area is 180 Å². The van der Waals surface area contributed by atoms with Crippen molar-refractivity contribution in [2.45, 2.75) is 6.61 Å². The third-order valence-electron chi connectivity index (χ3n) is 4.64. The molecule has 0 atom stereocenters. The lowest BCUT2D eigenvalue weighted by Crippen LogP contribution is -1.99. The first-order valence-electron chi connectivity index (χ1n) is 9.53. The van der Waals surface area contributed by atoms with E-state index in [1.165, 1.54) is 13.2 Å². The SMILES string of the molecule is COc1cc(Nc2ncccc2C=CC(=O)c2ccc(OC)c(OC)c2)ccc1CO. The number of anilines is 2. The minimum atomic E-state index is -0.176. The number of hydrogen-bond donors (Lipinski definition) is 2. The van der Waals surface area contributed by atoms with Crippen LogP contribution in [0.25, 0.3) is 6.08 Å². The van der Waals surface area contributed by atoms with E-state index in [0.29, 0.717) is 34.2 Å². The zero-order valence-corrected chi connectivity index (χ0v) is 17.6. The third-order valence-corrected chi connectivity index (χ3v) is 4.64. The fraction of sp³-hybridized carbons (Fsp3) is 0.167. The van der Waals surface area contributed by atoms with E-state index in [4.69, 9.17) is 14.2 Å². The molecule has 2 aromatic carbocycles. The quantitative estimate of drug-likeness (QED) is 0.395. The second kappa shape index (κ2) is 10.3. The smallest absolute Gasteiger partial charge is 0.185 e. The summed E-state index contributed by atoms with van der Waals surface area (Å²) in [6.07, 6.45) is 4.85. The maximum Gasteiger partial charge on any atom is 0.185 e. The Morgan fingerprint density at radius 1 is 1.00 bits per heavy atom. The van der Waals surface area contributed by atoms with Crippen molar-refractivity contribution in [3.8, 4) is 17.2 Å². The van der Waals surface area contributed by atoms with Crippen molar-refractivity contribution in [3.05, 3.63) is 77.5 Å². The number of ketones is 1. The summed E-state index contributed by atoms with van der Waals surface area (Å²) in [5.74, 6) is 2.03. The van der Waals surface area contributed by atoms with Crippen LogP contribution in [0.3, 0.4) is 0 Å². The minimum absolute atomic E-state index is 0.112. The van der Waals surface area contributed by atoms with E-state index in [-0.39, 0.29) is 12.4 Å². The van der Waals surface area contributed by atoms with E-state index in [9.17, 15) is 9.90 Å². The molecule has 7 heteroatoms. The first kappa shape index (κ1) is 21.9. The molecule has 0 saturated heterocycles. The zero-order valence-electron chi connectivity index (χ0n) is 17.6. The molecular formula is C24H24N2O5. The summed E-state index contributed by atoms with van der Waals surface area (Å²) >= 11 is 0. The first-order valence-corrected chi connectivity index (χ1v) is 9.53. The van der Waals surface area contributed by atoms with Crippen LogP contribution in [0, 0.1) is 0 Å². The van der Waals surface area contributed by atoms with Gasteiger partial charge in [-0.25, -0.2) is 4.98 Å². The van der Waals surface area contributed by atoms with Crippen LogP contribution in [-0.2, 0) is 6.61 Å². The monoisotopic (exact) mass is 420 g/mol. The Balaban J connectivity index is 1.82. The van der Waals surface area contributed by atoms with Gasteiger partial charge in [-0.1, -0.05) is 6.07 Å². The molecule has 1 aromatic heterocycles. The number of ether oxygens (including phenoxy) is 3. The molecule has 0 fully saturated rings. The maximum absolute atomic E-state index is 12.6. The molecule has 0 aliphatic heterocycles. The van der Waals surface area contributed by atoms with Gasteiger partial charge in [-0.05, 0) is 48.6 Å². The highest BCUT2D eigenvalue weighted by Gasteiger charge is 2.10. The van der Waals surface area contributed by atoms with Gasteiger partial charge >= 0.3 is 0 Å². The average molecular weight is 420 g/mol. The van der Waals surface area contributed by atoms with Gasteiger partial charge in [-0.3, -0.25) is 4.79 Å². The molecule has 7 nitrogen and oxygen atoms in total. The van der Waals surface area contributed by atoms with Crippen molar-refractivity contribution in [1.82, 2.24) is 4.98 Å². The second-order valence-electron chi connectivity index (χ2n) is 6.52. The molecule has 1 heterocycles. The molecule has 0 saturated carbocycles. The lowest BCUT2D eigenvalue weighted by Gasteiger charge is -2.12. The molecule has 2 N–H and O–H groups in total. The van der Waals surface area contributed by atoms with Crippen molar-refractivity contribution in [2.75, 3.05) is 26.6 Å². The van der Waals surface area contributed by atoms with E-state index in [1.807, 2.05) is 12.1 Å². The second-order valence-corrected chi connectivity index (χ2v) is 6.52. The fourth-order valence-electron chi connectivity index (χ4n) is 3.00. The predicted molar refractivity (Wildman–Crippen MR) is 119 cm³/mol. The summed E-state index contributed by atoms with van der Waals surface area (Å²) in [4.78, 5) is 17.0. The van der Waals surface area contributed by atoms with E-state index < -0.39 is 0 Å². The molecule has 0 radical (unpaired) electrons. The minimum Gasteiger partial charge on any atom is -0.496 e. The number of carbonyl (C=O) groups excluding carboxylic acids is 1. The van der Waals surface area contributed by atoms with Crippen LogP contribution >= 0.6 is 0 Å². The van der Waals surface area contributed by atoms with Gasteiger partial charge in [0.2, 0.25) is 0 Å². The maximum atomic E-state index is 12.6. The standard InChI is InChI=1S/C24H24N2O5/c1-29-21-11-8-17(13-23(21)31-3)20(28)10-7-16-5-4-12-25-24(16)26-19-9-6-18(15-27)22(14-19)30-2/h4-14,27H,15H2,1-3H3,(H,25,26). The predicted octanol–water partition coefficient (Wildman–Crippen LogP) is 4.24. The van der Waals surface area contributed by atoms with Crippen LogP contribution in [0.2, 0.25) is 0 Å². The molecular weight excluding hydrogens is 396 g/mol. The number of aromatic nitrogens is 1. The molecule has 0 aliphatic rings. The zero-order chi connectivity index (χ0) is 22.2. The van der Waals surface area contributed by atoms with Crippen molar-refractivity contribution in [1.29, 1.82) is 0 Å². The van der Waals surface area contributed by atoms with Gasteiger partial charge in [0.05, 0.1) is 27.9 Å². The Morgan fingerprint density at radius 2 is 1.77 bits per heavy atom. The van der Waals surface area contributed by atoms with E-state index in [0.717, 1.165) is 11.3 Å². The largest absolute Gasteiger partial charge is 0.496 e. The molecule has 3 aromatic rings. The number of hydrogen-bond acceptors (Lipinski definition) is 7. The molecule has 31 heavy (non-hydrogen) atoms. The molecule has 0 amide bonds. The average Bonchev–Trinajstić information content (AvgIpc) is 2.82. The number of allylic oxidation sites excluding steroid dienone is 1. The van der Waals surface area contributed by atoms with Crippen molar-refractivity contribution >= 4 is 23.4 Å². The molecule has 0 bridgehead atoms. The van der Waals surface area contributed by atoms with Gasteiger partial charge in [0.25, 0.3) is 0 Å². The number of aliphatic hydroxyl groups excluding tert-OH is 1. The first-order chi connectivity index (χ1) is 15.1. The van der Waals surface area contributed by atoms with Gasteiger partial charge in [0.1, 0.15) is 11.6 Å². The number of benzene rings is 2. The number of nitrogens with zero attached hydrogens (tertiary/aromatic N) is 1. The molecule has 0 unspecified atom stereocenters. The van der Waals surface area contributed by atoms with Crippen LogP contribution in [0.1, 0.15) is 21.5 Å². The lowest BCUT2D eigenvalue weighted by molar-refractivity contribution is 0.104. The van der Waals surface area contributed by atoms with Gasteiger partial charge in [0.15, 0.2) is 17.3 Å². The van der Waals surface area contributed by atoms with E-state index in [1.54, 1.807) is 62.9 Å². The van der Waals surface area contributed by atoms with Gasteiger partial charge in [0, 0.05) is 34.6 Å². The molecule has 0 spiro atoms. The summed E-state index contributed by atoms with van der Waals surface area (Å²) in [5, 5.41) is 12.6. The van der Waals surface area contributed by atoms with Crippen LogP contribution in [-0.4, -0.2) is 37.2 Å². The number of methoxy groups -OCH3 is 3.